The van der Waals surface area contributed by atoms with E-state index in [9.17, 15) is 9.59 Å². The molecule has 0 aromatic rings. The Balaban J connectivity index is 1.70. The first kappa shape index (κ1) is 17.2. The molecule has 0 radical (unpaired) electrons. The van der Waals surface area contributed by atoms with Crippen molar-refractivity contribution in [2.24, 2.45) is 5.92 Å². The second-order valence-corrected chi connectivity index (χ2v) is 6.15. The van der Waals surface area contributed by atoms with Crippen LogP contribution in [-0.4, -0.2) is 82.4 Å². The van der Waals surface area contributed by atoms with Crippen molar-refractivity contribution in [3.05, 3.63) is 0 Å². The minimum Gasteiger partial charge on any atom is -0.383 e. The summed E-state index contributed by atoms with van der Waals surface area (Å²) in [5.74, 6) is -0.192. The standard InChI is InChI=1S/C15H27N3O4/c1-12(11-21-2)18-10-13(9-14(18)19)15(20)16-3-4-17-5-7-22-8-6-17/h12-13H,3-11H2,1-2H3,(H,16,20)/p+1/t12-,13+/m0/s1. The summed E-state index contributed by atoms with van der Waals surface area (Å²) >= 11 is 0. The number of rotatable bonds is 7. The molecule has 0 unspecified atom stereocenters. The second kappa shape index (κ2) is 8.45. The monoisotopic (exact) mass is 314 g/mol. The number of nitrogens with one attached hydrogen (secondary N) is 2. The van der Waals surface area contributed by atoms with Crippen molar-refractivity contribution in [3.63, 3.8) is 0 Å². The first-order valence-corrected chi connectivity index (χ1v) is 8.09. The number of morpholine rings is 1. The van der Waals surface area contributed by atoms with Gasteiger partial charge in [-0.25, -0.2) is 0 Å². The van der Waals surface area contributed by atoms with Crippen LogP contribution in [-0.2, 0) is 19.1 Å². The van der Waals surface area contributed by atoms with Gasteiger partial charge in [0.05, 0.1) is 44.9 Å². The average molecular weight is 314 g/mol. The Hall–Kier alpha value is -1.18. The van der Waals surface area contributed by atoms with Crippen LogP contribution in [0.5, 0.6) is 0 Å². The Morgan fingerprint density at radius 1 is 1.50 bits per heavy atom. The Kier molecular flexibility index (Phi) is 6.60. The molecule has 0 aromatic heterocycles. The van der Waals surface area contributed by atoms with Gasteiger partial charge >= 0.3 is 0 Å². The van der Waals surface area contributed by atoms with Crippen LogP contribution in [0.1, 0.15) is 13.3 Å². The highest BCUT2D eigenvalue weighted by molar-refractivity contribution is 5.89. The highest BCUT2D eigenvalue weighted by Crippen LogP contribution is 2.20. The van der Waals surface area contributed by atoms with E-state index in [1.807, 2.05) is 6.92 Å². The molecule has 2 aliphatic heterocycles. The Labute approximate surface area is 131 Å². The summed E-state index contributed by atoms with van der Waals surface area (Å²) in [6, 6.07) is 0.0214. The molecular weight excluding hydrogens is 286 g/mol. The normalized spacial score (nSPS) is 24.5. The van der Waals surface area contributed by atoms with Gasteiger partial charge in [0.2, 0.25) is 11.8 Å². The molecule has 2 saturated heterocycles. The van der Waals surface area contributed by atoms with E-state index in [2.05, 4.69) is 5.32 Å². The van der Waals surface area contributed by atoms with E-state index in [0.29, 0.717) is 26.1 Å². The van der Waals surface area contributed by atoms with Crippen LogP contribution in [0.4, 0.5) is 0 Å². The molecule has 0 saturated carbocycles. The number of amides is 2. The third kappa shape index (κ3) is 4.66. The zero-order chi connectivity index (χ0) is 15.9. The highest BCUT2D eigenvalue weighted by atomic mass is 16.5. The van der Waals surface area contributed by atoms with Gasteiger partial charge in [-0.15, -0.1) is 0 Å². The molecule has 0 aliphatic carbocycles. The summed E-state index contributed by atoms with van der Waals surface area (Å²) in [6.07, 6.45) is 0.310. The third-order valence-corrected chi connectivity index (χ3v) is 4.45. The number of hydrogen-bond acceptors (Lipinski definition) is 4. The molecule has 7 nitrogen and oxygen atoms in total. The largest absolute Gasteiger partial charge is 0.383 e. The van der Waals surface area contributed by atoms with Crippen molar-refractivity contribution >= 4 is 11.8 Å². The van der Waals surface area contributed by atoms with Crippen LogP contribution in [0.15, 0.2) is 0 Å². The first-order valence-electron chi connectivity index (χ1n) is 8.09. The van der Waals surface area contributed by atoms with E-state index in [-0.39, 0.29) is 23.8 Å². The Morgan fingerprint density at radius 3 is 2.91 bits per heavy atom. The number of carbonyl (C=O) groups is 2. The van der Waals surface area contributed by atoms with Gasteiger partial charge < -0.3 is 24.6 Å². The molecule has 22 heavy (non-hydrogen) atoms. The number of likely N-dealkylation sites (tertiary alicyclic amines) is 1. The fourth-order valence-electron chi connectivity index (χ4n) is 3.08. The van der Waals surface area contributed by atoms with E-state index >= 15 is 0 Å². The van der Waals surface area contributed by atoms with Gasteiger partial charge in [0.1, 0.15) is 13.1 Å². The maximum absolute atomic E-state index is 12.2. The molecule has 2 rings (SSSR count). The zero-order valence-electron chi connectivity index (χ0n) is 13.6. The van der Waals surface area contributed by atoms with Crippen molar-refractivity contribution in [2.45, 2.75) is 19.4 Å². The average Bonchev–Trinajstić information content (AvgIpc) is 2.91. The van der Waals surface area contributed by atoms with Gasteiger partial charge in [-0.3, -0.25) is 9.59 Å². The molecule has 2 aliphatic rings. The SMILES string of the molecule is COC[C@H](C)N1C[C@H](C(=O)NCC[NH+]2CCOCC2)CC1=O. The first-order chi connectivity index (χ1) is 10.6. The van der Waals surface area contributed by atoms with Crippen LogP contribution in [0, 0.1) is 5.92 Å². The fraction of sp³-hybridized carbons (Fsp3) is 0.867. The quantitative estimate of drug-likeness (QED) is 0.565. The molecule has 2 N–H and O–H groups in total. The fourth-order valence-corrected chi connectivity index (χ4v) is 3.08. The number of hydrogen-bond donors (Lipinski definition) is 2. The lowest BCUT2D eigenvalue weighted by molar-refractivity contribution is -0.906. The molecule has 7 heteroatoms. The molecular formula is C15H28N3O4+. The van der Waals surface area contributed by atoms with Gasteiger partial charge in [-0.05, 0) is 6.92 Å². The van der Waals surface area contributed by atoms with E-state index in [1.54, 1.807) is 12.0 Å². The molecule has 2 atom stereocenters. The summed E-state index contributed by atoms with van der Waals surface area (Å²) in [6.45, 7) is 8.12. The van der Waals surface area contributed by atoms with Crippen LogP contribution in [0.3, 0.4) is 0 Å². The summed E-state index contributed by atoms with van der Waals surface area (Å²) in [5, 5.41) is 2.97. The lowest BCUT2D eigenvalue weighted by Crippen LogP contribution is -3.14. The Bertz CT molecular complexity index is 385. The number of methoxy groups -OCH3 is 1. The summed E-state index contributed by atoms with van der Waals surface area (Å²) < 4.78 is 10.4. The predicted molar refractivity (Wildman–Crippen MR) is 80.6 cm³/mol. The molecule has 2 amide bonds. The minimum atomic E-state index is -0.230. The molecule has 0 spiro atoms. The number of carbonyl (C=O) groups excluding carboxylic acids is 2. The summed E-state index contributed by atoms with van der Waals surface area (Å²) in [7, 11) is 1.62. The van der Waals surface area contributed by atoms with E-state index in [1.165, 1.54) is 4.90 Å². The van der Waals surface area contributed by atoms with E-state index < -0.39 is 0 Å². The van der Waals surface area contributed by atoms with Gasteiger partial charge in [0.25, 0.3) is 0 Å². The summed E-state index contributed by atoms with van der Waals surface area (Å²) in [4.78, 5) is 27.4. The smallest absolute Gasteiger partial charge is 0.225 e. The van der Waals surface area contributed by atoms with Gasteiger partial charge in [-0.1, -0.05) is 0 Å². The zero-order valence-corrected chi connectivity index (χ0v) is 13.6. The van der Waals surface area contributed by atoms with Gasteiger partial charge in [0.15, 0.2) is 0 Å². The van der Waals surface area contributed by atoms with Crippen molar-refractivity contribution in [3.8, 4) is 0 Å². The van der Waals surface area contributed by atoms with Crippen molar-refractivity contribution in [1.29, 1.82) is 0 Å². The molecule has 126 valence electrons. The topological polar surface area (TPSA) is 72.3 Å². The lowest BCUT2D eigenvalue weighted by Gasteiger charge is -2.24. The number of nitrogens with zero attached hydrogens (tertiary/aromatic N) is 1. The Morgan fingerprint density at radius 2 is 2.23 bits per heavy atom. The van der Waals surface area contributed by atoms with E-state index in [0.717, 1.165) is 32.8 Å². The van der Waals surface area contributed by atoms with Crippen LogP contribution in [0.25, 0.3) is 0 Å². The van der Waals surface area contributed by atoms with Gasteiger partial charge in [-0.2, -0.15) is 0 Å². The lowest BCUT2D eigenvalue weighted by atomic mass is 10.1. The maximum Gasteiger partial charge on any atom is 0.225 e. The van der Waals surface area contributed by atoms with Gasteiger partial charge in [0, 0.05) is 20.1 Å². The van der Waals surface area contributed by atoms with E-state index in [4.69, 9.17) is 9.47 Å². The van der Waals surface area contributed by atoms with Crippen molar-refractivity contribution in [1.82, 2.24) is 10.2 Å². The molecule has 0 aromatic carbocycles. The molecule has 2 heterocycles. The maximum atomic E-state index is 12.2. The minimum absolute atomic E-state index is 0.00636. The van der Waals surface area contributed by atoms with Crippen molar-refractivity contribution < 1.29 is 24.0 Å². The van der Waals surface area contributed by atoms with Crippen LogP contribution >= 0.6 is 0 Å². The second-order valence-electron chi connectivity index (χ2n) is 6.15. The predicted octanol–water partition coefficient (Wildman–Crippen LogP) is -2.10. The van der Waals surface area contributed by atoms with Crippen molar-refractivity contribution in [2.75, 3.05) is 59.7 Å². The molecule has 0 bridgehead atoms. The number of ether oxygens (including phenoxy) is 2. The van der Waals surface area contributed by atoms with Crippen LogP contribution < -0.4 is 10.2 Å². The number of quaternary nitrogens is 1. The summed E-state index contributed by atoms with van der Waals surface area (Å²) in [5.41, 5.74) is 0. The van der Waals surface area contributed by atoms with Crippen LogP contribution in [0.2, 0.25) is 0 Å². The molecule has 2 fully saturated rings. The third-order valence-electron chi connectivity index (χ3n) is 4.45. The highest BCUT2D eigenvalue weighted by Gasteiger charge is 2.36.